The molecule has 0 aliphatic rings. The predicted octanol–water partition coefficient (Wildman–Crippen LogP) is 4.19. The lowest BCUT2D eigenvalue weighted by molar-refractivity contribution is -0.144. The molecule has 2 N–H and O–H groups in total. The van der Waals surface area contributed by atoms with E-state index in [1.807, 2.05) is 0 Å². The fraction of sp³-hybridized carbons (Fsp3) is 0.591. The van der Waals surface area contributed by atoms with Crippen molar-refractivity contribution in [2.24, 2.45) is 0 Å². The van der Waals surface area contributed by atoms with Crippen molar-refractivity contribution in [2.75, 3.05) is 6.61 Å². The Morgan fingerprint density at radius 3 is 2.13 bits per heavy atom. The van der Waals surface area contributed by atoms with Crippen molar-refractivity contribution in [3.8, 4) is 0 Å². The Hall–Kier alpha value is -2.35. The maximum Gasteiger partial charge on any atom is 0.408 e. The molecule has 1 aromatic rings. The zero-order valence-corrected chi connectivity index (χ0v) is 20.1. The summed E-state index contributed by atoms with van der Waals surface area (Å²) in [6, 6.07) is 6.89. The largest absolute Gasteiger partial charge is 0.480 e. The van der Waals surface area contributed by atoms with Gasteiger partial charge in [-0.05, 0) is 44.9 Å². The van der Waals surface area contributed by atoms with Crippen LogP contribution in [0.2, 0.25) is 25.7 Å². The normalized spacial score (nSPS) is 13.8. The lowest BCUT2D eigenvalue weighted by Crippen LogP contribution is -2.44. The molecule has 8 heteroatoms. The van der Waals surface area contributed by atoms with Crippen LogP contribution in [0, 0.1) is 0 Å². The summed E-state index contributed by atoms with van der Waals surface area (Å²) >= 11 is 0. The van der Waals surface area contributed by atoms with Gasteiger partial charge in [-0.3, -0.25) is 4.79 Å². The summed E-state index contributed by atoms with van der Waals surface area (Å²) in [5, 5.41) is 11.8. The van der Waals surface area contributed by atoms with Crippen LogP contribution in [-0.2, 0) is 25.5 Å². The van der Waals surface area contributed by atoms with Gasteiger partial charge in [-0.1, -0.05) is 43.9 Å². The highest BCUT2D eigenvalue weighted by atomic mass is 28.3. The number of rotatable bonds is 9. The molecule has 1 rings (SSSR count). The fourth-order valence-corrected chi connectivity index (χ4v) is 3.26. The maximum absolute atomic E-state index is 12.3. The molecule has 0 bridgehead atoms. The first kappa shape index (κ1) is 25.7. The average molecular weight is 438 g/mol. The minimum absolute atomic E-state index is 0.101. The number of hydrogen-bond acceptors (Lipinski definition) is 5. The van der Waals surface area contributed by atoms with Crippen LogP contribution in [0.3, 0.4) is 0 Å². The third kappa shape index (κ3) is 9.91. The highest BCUT2D eigenvalue weighted by Gasteiger charge is 2.25. The van der Waals surface area contributed by atoms with E-state index in [0.29, 0.717) is 6.61 Å². The number of benzene rings is 1. The molecule has 1 unspecified atom stereocenters. The second-order valence-corrected chi connectivity index (χ2v) is 15.3. The van der Waals surface area contributed by atoms with E-state index < -0.39 is 37.7 Å². The highest BCUT2D eigenvalue weighted by Crippen LogP contribution is 2.19. The van der Waals surface area contributed by atoms with Gasteiger partial charge in [0.05, 0.1) is 12.5 Å². The van der Waals surface area contributed by atoms with Crippen molar-refractivity contribution in [2.45, 2.75) is 77.4 Å². The summed E-state index contributed by atoms with van der Waals surface area (Å²) in [6.45, 7) is 14.0. The predicted molar refractivity (Wildman–Crippen MR) is 118 cm³/mol. The number of hydrogen-bond donors (Lipinski definition) is 2. The van der Waals surface area contributed by atoms with Crippen molar-refractivity contribution >= 4 is 26.1 Å². The van der Waals surface area contributed by atoms with Crippen LogP contribution in [-0.4, -0.2) is 49.5 Å². The molecule has 0 aromatic heterocycles. The number of esters is 1. The number of carboxylic acids is 1. The van der Waals surface area contributed by atoms with Gasteiger partial charge < -0.3 is 19.9 Å². The van der Waals surface area contributed by atoms with E-state index >= 15 is 0 Å². The SMILES string of the molecule is CC(C(=O)OCC[Si](C)(C)C)c1ccc(C[C@H](NC(=O)OC(C)(C)C)C(=O)O)cc1. The van der Waals surface area contributed by atoms with E-state index in [2.05, 4.69) is 25.0 Å². The number of carboxylic acid groups (broad SMARTS) is 1. The molecule has 168 valence electrons. The molecule has 2 atom stereocenters. The molecule has 1 aromatic carbocycles. The van der Waals surface area contributed by atoms with Gasteiger partial charge in [-0.15, -0.1) is 0 Å². The molecule has 0 saturated carbocycles. The van der Waals surface area contributed by atoms with Gasteiger partial charge in [0, 0.05) is 14.5 Å². The minimum Gasteiger partial charge on any atom is -0.480 e. The Balaban J connectivity index is 2.69. The standard InChI is InChI=1S/C22H35NO6Si/c1-15(20(26)28-12-13-30(5,6)7)17-10-8-16(9-11-17)14-18(19(24)25)23-21(27)29-22(2,3)4/h8-11,15,18H,12-14H2,1-7H3,(H,23,27)(H,24,25)/t15?,18-/m0/s1. The van der Waals surface area contributed by atoms with Crippen LogP contribution in [0.1, 0.15) is 44.7 Å². The second kappa shape index (κ2) is 10.6. The van der Waals surface area contributed by atoms with E-state index in [9.17, 15) is 19.5 Å². The molecule has 0 radical (unpaired) electrons. The molecule has 0 saturated heterocycles. The molecular formula is C22H35NO6Si. The number of carbonyl (C=O) groups excluding carboxylic acids is 2. The van der Waals surface area contributed by atoms with E-state index in [-0.39, 0.29) is 12.4 Å². The molecule has 30 heavy (non-hydrogen) atoms. The summed E-state index contributed by atoms with van der Waals surface area (Å²) in [5.41, 5.74) is 0.805. The van der Waals surface area contributed by atoms with Gasteiger partial charge in [0.15, 0.2) is 0 Å². The summed E-state index contributed by atoms with van der Waals surface area (Å²) in [6.07, 6.45) is -0.676. The number of carbonyl (C=O) groups is 3. The van der Waals surface area contributed by atoms with Crippen molar-refractivity contribution < 1.29 is 29.0 Å². The van der Waals surface area contributed by atoms with Gasteiger partial charge in [-0.2, -0.15) is 0 Å². The summed E-state index contributed by atoms with van der Waals surface area (Å²) < 4.78 is 10.5. The smallest absolute Gasteiger partial charge is 0.408 e. The zero-order valence-electron chi connectivity index (χ0n) is 19.1. The lowest BCUT2D eigenvalue weighted by atomic mass is 9.98. The molecular weight excluding hydrogens is 402 g/mol. The topological polar surface area (TPSA) is 102 Å². The Bertz CT molecular complexity index is 733. The summed E-state index contributed by atoms with van der Waals surface area (Å²) in [5.74, 6) is -1.82. The van der Waals surface area contributed by atoms with Gasteiger partial charge in [-0.25, -0.2) is 9.59 Å². The lowest BCUT2D eigenvalue weighted by Gasteiger charge is -2.22. The van der Waals surface area contributed by atoms with Gasteiger partial charge in [0.1, 0.15) is 11.6 Å². The number of nitrogens with one attached hydrogen (secondary N) is 1. The molecule has 0 fully saturated rings. The van der Waals surface area contributed by atoms with E-state index in [1.165, 1.54) is 0 Å². The van der Waals surface area contributed by atoms with Crippen molar-refractivity contribution in [1.29, 1.82) is 0 Å². The highest BCUT2D eigenvalue weighted by molar-refractivity contribution is 6.76. The van der Waals surface area contributed by atoms with E-state index in [0.717, 1.165) is 17.2 Å². The Kier molecular flexibility index (Phi) is 9.08. The first-order valence-corrected chi connectivity index (χ1v) is 13.9. The van der Waals surface area contributed by atoms with Crippen molar-refractivity contribution in [1.82, 2.24) is 5.32 Å². The Morgan fingerprint density at radius 1 is 1.10 bits per heavy atom. The van der Waals surface area contributed by atoms with Crippen molar-refractivity contribution in [3.05, 3.63) is 35.4 Å². The Morgan fingerprint density at radius 2 is 1.67 bits per heavy atom. The van der Waals surface area contributed by atoms with Crippen LogP contribution in [0.5, 0.6) is 0 Å². The first-order chi connectivity index (χ1) is 13.7. The second-order valence-electron chi connectivity index (χ2n) is 9.68. The van der Waals surface area contributed by atoms with Gasteiger partial charge in [0.2, 0.25) is 0 Å². The maximum atomic E-state index is 12.3. The molecule has 1 amide bonds. The third-order valence-electron chi connectivity index (χ3n) is 4.36. The summed E-state index contributed by atoms with van der Waals surface area (Å²) in [4.78, 5) is 35.7. The third-order valence-corrected chi connectivity index (χ3v) is 6.06. The number of aliphatic carboxylic acids is 1. The van der Waals surface area contributed by atoms with Crippen LogP contribution < -0.4 is 5.32 Å². The van der Waals surface area contributed by atoms with E-state index in [1.54, 1.807) is 52.0 Å². The van der Waals surface area contributed by atoms with Crippen LogP contribution in [0.15, 0.2) is 24.3 Å². The molecule has 0 heterocycles. The van der Waals surface area contributed by atoms with Crippen molar-refractivity contribution in [3.63, 3.8) is 0 Å². The summed E-state index contributed by atoms with van der Waals surface area (Å²) in [7, 11) is -1.26. The van der Waals surface area contributed by atoms with Gasteiger partial charge in [0.25, 0.3) is 0 Å². The molecule has 0 spiro atoms. The quantitative estimate of drug-likeness (QED) is 0.444. The molecule has 7 nitrogen and oxygen atoms in total. The number of ether oxygens (including phenoxy) is 2. The fourth-order valence-electron chi connectivity index (χ4n) is 2.55. The number of alkyl carbamates (subject to hydrolysis) is 1. The molecule has 0 aliphatic heterocycles. The molecule has 0 aliphatic carbocycles. The van der Waals surface area contributed by atoms with Gasteiger partial charge >= 0.3 is 18.0 Å². The number of amides is 1. The van der Waals surface area contributed by atoms with Crippen LogP contribution >= 0.6 is 0 Å². The first-order valence-electron chi connectivity index (χ1n) is 10.2. The average Bonchev–Trinajstić information content (AvgIpc) is 2.58. The van der Waals surface area contributed by atoms with E-state index in [4.69, 9.17) is 9.47 Å². The Labute approximate surface area is 180 Å². The minimum atomic E-state index is -1.26. The van der Waals surface area contributed by atoms with Crippen LogP contribution in [0.4, 0.5) is 4.79 Å². The monoisotopic (exact) mass is 437 g/mol. The zero-order chi connectivity index (χ0) is 23.1. The van der Waals surface area contributed by atoms with Crippen LogP contribution in [0.25, 0.3) is 0 Å².